The molecule has 2 rings (SSSR count). The van der Waals surface area contributed by atoms with E-state index in [1.165, 1.54) is 16.0 Å². The van der Waals surface area contributed by atoms with Crippen molar-refractivity contribution in [3.8, 4) is 5.75 Å². The van der Waals surface area contributed by atoms with Gasteiger partial charge < -0.3 is 10.1 Å². The van der Waals surface area contributed by atoms with Crippen LogP contribution in [0, 0.1) is 6.92 Å². The molecule has 0 saturated heterocycles. The monoisotopic (exact) mass is 275 g/mol. The first-order valence-corrected chi connectivity index (χ1v) is 7.52. The maximum absolute atomic E-state index is 5.28. The third-order valence-corrected chi connectivity index (χ3v) is 4.17. The van der Waals surface area contributed by atoms with Gasteiger partial charge >= 0.3 is 0 Å². The van der Waals surface area contributed by atoms with Crippen LogP contribution in [0.4, 0.5) is 0 Å². The lowest BCUT2D eigenvalue weighted by Crippen LogP contribution is -2.22. The molecule has 0 saturated carbocycles. The zero-order valence-electron chi connectivity index (χ0n) is 11.8. The molecule has 0 radical (unpaired) electrons. The van der Waals surface area contributed by atoms with Crippen LogP contribution in [0.1, 0.15) is 29.0 Å². The smallest absolute Gasteiger partial charge is 0.129 e. The van der Waals surface area contributed by atoms with E-state index in [4.69, 9.17) is 4.74 Å². The van der Waals surface area contributed by atoms with Crippen molar-refractivity contribution in [2.24, 2.45) is 0 Å². The second-order valence-corrected chi connectivity index (χ2v) is 5.64. The van der Waals surface area contributed by atoms with E-state index in [1.54, 1.807) is 18.4 Å². The van der Waals surface area contributed by atoms with Crippen LogP contribution in [0.2, 0.25) is 0 Å². The number of aryl methyl sites for hydroxylation is 1. The second kappa shape index (κ2) is 6.73. The van der Waals surface area contributed by atoms with Crippen molar-refractivity contribution in [2.45, 2.75) is 26.3 Å². The Bertz CT molecular complexity index is 521. The van der Waals surface area contributed by atoms with Crippen molar-refractivity contribution >= 4 is 11.3 Å². The van der Waals surface area contributed by atoms with Crippen molar-refractivity contribution in [1.82, 2.24) is 5.32 Å². The van der Waals surface area contributed by atoms with Crippen LogP contribution in [-0.2, 0) is 6.42 Å². The summed E-state index contributed by atoms with van der Waals surface area (Å²) in [5, 5.41) is 5.62. The van der Waals surface area contributed by atoms with E-state index >= 15 is 0 Å². The molecule has 1 unspecified atom stereocenters. The van der Waals surface area contributed by atoms with Gasteiger partial charge in [-0.1, -0.05) is 36.8 Å². The molecule has 2 nitrogen and oxygen atoms in total. The van der Waals surface area contributed by atoms with Gasteiger partial charge in [0, 0.05) is 16.3 Å². The molecule has 0 fully saturated rings. The van der Waals surface area contributed by atoms with Gasteiger partial charge in [0.25, 0.3) is 0 Å². The third-order valence-electron chi connectivity index (χ3n) is 3.15. The van der Waals surface area contributed by atoms with E-state index in [0.717, 1.165) is 18.7 Å². The predicted octanol–water partition coefficient (Wildman–Crippen LogP) is 3.96. The van der Waals surface area contributed by atoms with Crippen molar-refractivity contribution in [3.63, 3.8) is 0 Å². The molecule has 0 amide bonds. The number of ether oxygens (including phenoxy) is 1. The van der Waals surface area contributed by atoms with E-state index in [0.29, 0.717) is 6.04 Å². The van der Waals surface area contributed by atoms with Gasteiger partial charge in [0.15, 0.2) is 0 Å². The van der Waals surface area contributed by atoms with Crippen LogP contribution in [0.15, 0.2) is 35.7 Å². The number of rotatable bonds is 6. The molecular weight excluding hydrogens is 254 g/mol. The van der Waals surface area contributed by atoms with Gasteiger partial charge in [-0.3, -0.25) is 0 Å². The van der Waals surface area contributed by atoms with Crippen molar-refractivity contribution < 1.29 is 4.74 Å². The summed E-state index contributed by atoms with van der Waals surface area (Å²) in [5.74, 6) is 0.951. The number of likely N-dealkylation sites (N-methyl/N-ethyl adjacent to an activating group) is 1. The fraction of sp³-hybridized carbons (Fsp3) is 0.375. The molecule has 1 heterocycles. The largest absolute Gasteiger partial charge is 0.496 e. The molecule has 0 bridgehead atoms. The average Bonchev–Trinajstić information content (AvgIpc) is 2.87. The number of hydrogen-bond acceptors (Lipinski definition) is 3. The Morgan fingerprint density at radius 1 is 1.32 bits per heavy atom. The molecule has 1 aromatic heterocycles. The van der Waals surface area contributed by atoms with E-state index in [-0.39, 0.29) is 0 Å². The molecule has 1 aromatic carbocycles. The lowest BCUT2D eigenvalue weighted by molar-refractivity contribution is 0.415. The van der Waals surface area contributed by atoms with Crippen LogP contribution in [0.5, 0.6) is 5.75 Å². The van der Waals surface area contributed by atoms with Gasteiger partial charge in [-0.15, -0.1) is 11.3 Å². The molecule has 1 atom stereocenters. The lowest BCUT2D eigenvalue weighted by atomic mass is 10.0. The summed E-state index contributed by atoms with van der Waals surface area (Å²) in [6.07, 6.45) is 1.01. The molecule has 0 spiro atoms. The summed E-state index contributed by atoms with van der Waals surface area (Å²) in [6.45, 7) is 5.25. The zero-order chi connectivity index (χ0) is 13.7. The maximum Gasteiger partial charge on any atom is 0.129 e. The van der Waals surface area contributed by atoms with Crippen LogP contribution in [0.3, 0.4) is 0 Å². The van der Waals surface area contributed by atoms with Gasteiger partial charge in [-0.25, -0.2) is 0 Å². The van der Waals surface area contributed by atoms with Gasteiger partial charge in [0.05, 0.1) is 7.11 Å². The van der Waals surface area contributed by atoms with E-state index in [9.17, 15) is 0 Å². The first kappa shape index (κ1) is 14.1. The quantitative estimate of drug-likeness (QED) is 0.861. The summed E-state index contributed by atoms with van der Waals surface area (Å²) in [6, 6.07) is 11.2. The van der Waals surface area contributed by atoms with Gasteiger partial charge in [0.1, 0.15) is 5.75 Å². The number of nitrogens with one attached hydrogen (secondary N) is 1. The van der Waals surface area contributed by atoms with Crippen LogP contribution >= 0.6 is 11.3 Å². The second-order valence-electron chi connectivity index (χ2n) is 4.69. The van der Waals surface area contributed by atoms with Crippen LogP contribution in [0.25, 0.3) is 0 Å². The summed E-state index contributed by atoms with van der Waals surface area (Å²) < 4.78 is 5.28. The van der Waals surface area contributed by atoms with Crippen LogP contribution < -0.4 is 10.1 Å². The van der Waals surface area contributed by atoms with Crippen LogP contribution in [-0.4, -0.2) is 13.7 Å². The highest BCUT2D eigenvalue weighted by Gasteiger charge is 2.14. The summed E-state index contributed by atoms with van der Waals surface area (Å²) in [7, 11) is 1.72. The standard InChI is InChI=1S/C16H21NOS/c1-4-17-15(16-10-14(18-3)11-19-16)9-13-7-5-6-12(2)8-13/h5-8,10-11,15,17H,4,9H2,1-3H3. The molecule has 0 aliphatic rings. The zero-order valence-corrected chi connectivity index (χ0v) is 12.6. The Kier molecular flexibility index (Phi) is 5.00. The molecule has 102 valence electrons. The first-order valence-electron chi connectivity index (χ1n) is 6.64. The Balaban J connectivity index is 2.15. The minimum absolute atomic E-state index is 0.362. The lowest BCUT2D eigenvalue weighted by Gasteiger charge is -2.16. The highest BCUT2D eigenvalue weighted by Crippen LogP contribution is 2.29. The summed E-state index contributed by atoms with van der Waals surface area (Å²) in [4.78, 5) is 1.33. The molecule has 2 aromatic rings. The summed E-state index contributed by atoms with van der Waals surface area (Å²) in [5.41, 5.74) is 2.69. The van der Waals surface area contributed by atoms with E-state index < -0.39 is 0 Å². The van der Waals surface area contributed by atoms with Crippen molar-refractivity contribution in [1.29, 1.82) is 0 Å². The van der Waals surface area contributed by atoms with E-state index in [1.807, 2.05) is 0 Å². The number of methoxy groups -OCH3 is 1. The van der Waals surface area contributed by atoms with E-state index in [2.05, 4.69) is 54.9 Å². The molecular formula is C16H21NOS. The van der Waals surface area contributed by atoms with Gasteiger partial charge in [-0.2, -0.15) is 0 Å². The predicted molar refractivity (Wildman–Crippen MR) is 82.2 cm³/mol. The van der Waals surface area contributed by atoms with Crippen molar-refractivity contribution in [2.75, 3.05) is 13.7 Å². The third kappa shape index (κ3) is 3.82. The average molecular weight is 275 g/mol. The minimum atomic E-state index is 0.362. The molecule has 3 heteroatoms. The highest BCUT2D eigenvalue weighted by molar-refractivity contribution is 7.10. The van der Waals surface area contributed by atoms with Crippen molar-refractivity contribution in [3.05, 3.63) is 51.7 Å². The Morgan fingerprint density at radius 3 is 2.79 bits per heavy atom. The Labute approximate surface area is 119 Å². The SMILES string of the molecule is CCNC(Cc1cccc(C)c1)c1cc(OC)cs1. The normalized spacial score (nSPS) is 12.4. The minimum Gasteiger partial charge on any atom is -0.496 e. The highest BCUT2D eigenvalue weighted by atomic mass is 32.1. The summed E-state index contributed by atoms with van der Waals surface area (Å²) >= 11 is 1.76. The molecule has 0 aliphatic carbocycles. The Morgan fingerprint density at radius 2 is 2.16 bits per heavy atom. The van der Waals surface area contributed by atoms with Gasteiger partial charge in [0.2, 0.25) is 0 Å². The fourth-order valence-electron chi connectivity index (χ4n) is 2.22. The molecule has 0 aliphatic heterocycles. The molecule has 1 N–H and O–H groups in total. The maximum atomic E-state index is 5.28. The number of benzene rings is 1. The molecule has 19 heavy (non-hydrogen) atoms. The Hall–Kier alpha value is -1.32. The fourth-order valence-corrected chi connectivity index (χ4v) is 3.15. The van der Waals surface area contributed by atoms with Gasteiger partial charge in [-0.05, 0) is 31.5 Å². The number of thiophene rings is 1. The topological polar surface area (TPSA) is 21.3 Å². The number of hydrogen-bond donors (Lipinski definition) is 1. The first-order chi connectivity index (χ1) is 9.22.